The largest absolute Gasteiger partial charge is 0.508 e. The number of phenolic OH excluding ortho intramolecular Hbond substituents is 1. The lowest BCUT2D eigenvalue weighted by atomic mass is 9.88. The molecule has 1 aliphatic heterocycles. The second kappa shape index (κ2) is 4.07. The molecule has 0 saturated heterocycles. The van der Waals surface area contributed by atoms with Crippen LogP contribution in [0, 0.1) is 0 Å². The van der Waals surface area contributed by atoms with Crippen molar-refractivity contribution in [2.75, 3.05) is 6.54 Å². The van der Waals surface area contributed by atoms with E-state index < -0.39 is 0 Å². The number of rotatable bonds is 1. The minimum Gasteiger partial charge on any atom is -0.508 e. The monoisotopic (exact) mass is 203 g/mol. The third kappa shape index (κ3) is 2.05. The molecule has 1 aliphatic rings. The second-order valence-electron chi connectivity index (χ2n) is 4.24. The summed E-state index contributed by atoms with van der Waals surface area (Å²) in [5.41, 5.74) is 0.842. The zero-order chi connectivity index (χ0) is 10.7. The minimum absolute atomic E-state index is 0.141. The molecule has 1 aromatic carbocycles. The van der Waals surface area contributed by atoms with Crippen molar-refractivity contribution in [2.45, 2.75) is 25.3 Å². The number of hydrogen-bond acceptors (Lipinski definition) is 2. The Hall–Kier alpha value is -1.28. The lowest BCUT2D eigenvalue weighted by Crippen LogP contribution is -2.38. The van der Waals surface area contributed by atoms with Crippen LogP contribution in [0.4, 0.5) is 0 Å². The molecule has 0 saturated carbocycles. The summed E-state index contributed by atoms with van der Waals surface area (Å²) in [7, 11) is 0. The average molecular weight is 203 g/mol. The molecule has 0 aromatic heterocycles. The number of benzene rings is 1. The van der Waals surface area contributed by atoms with Crippen molar-refractivity contribution >= 4 is 0 Å². The Morgan fingerprint density at radius 1 is 1.27 bits per heavy atom. The number of phenols is 1. The fourth-order valence-corrected chi connectivity index (χ4v) is 2.09. The van der Waals surface area contributed by atoms with Crippen molar-refractivity contribution in [3.63, 3.8) is 0 Å². The van der Waals surface area contributed by atoms with Crippen LogP contribution < -0.4 is 5.32 Å². The summed E-state index contributed by atoms with van der Waals surface area (Å²) in [4.78, 5) is 0. The summed E-state index contributed by atoms with van der Waals surface area (Å²) >= 11 is 0. The molecule has 2 heteroatoms. The fourth-order valence-electron chi connectivity index (χ4n) is 2.09. The maximum absolute atomic E-state index is 9.86. The predicted molar refractivity (Wildman–Crippen MR) is 61.8 cm³/mol. The molecule has 2 rings (SSSR count). The van der Waals surface area contributed by atoms with E-state index >= 15 is 0 Å². The van der Waals surface area contributed by atoms with Crippen molar-refractivity contribution < 1.29 is 5.11 Å². The normalized spacial score (nSPS) is 26.2. The quantitative estimate of drug-likeness (QED) is 0.687. The van der Waals surface area contributed by atoms with E-state index in [0.29, 0.717) is 5.75 Å². The van der Waals surface area contributed by atoms with Gasteiger partial charge in [-0.3, -0.25) is 0 Å². The van der Waals surface area contributed by atoms with Crippen LogP contribution in [-0.4, -0.2) is 11.7 Å². The highest BCUT2D eigenvalue weighted by atomic mass is 16.3. The molecule has 1 atom stereocenters. The van der Waals surface area contributed by atoms with Crippen molar-refractivity contribution in [3.8, 4) is 5.75 Å². The standard InChI is InChI=1S/C13H17NO/c1-13(9-5-2-6-10-14-13)11-7-3-4-8-12(11)15/h2-5,7-8,14-15H,6,9-10H2,1H3/t13-/m0/s1. The lowest BCUT2D eigenvalue weighted by molar-refractivity contribution is 0.358. The van der Waals surface area contributed by atoms with Gasteiger partial charge in [0.25, 0.3) is 0 Å². The zero-order valence-electron chi connectivity index (χ0n) is 9.03. The molecule has 1 aromatic rings. The molecule has 0 amide bonds. The van der Waals surface area contributed by atoms with Crippen LogP contribution in [0.25, 0.3) is 0 Å². The van der Waals surface area contributed by atoms with Gasteiger partial charge in [-0.05, 0) is 32.4 Å². The Bertz CT molecular complexity index is 373. The Kier molecular flexibility index (Phi) is 2.78. The first-order valence-corrected chi connectivity index (χ1v) is 5.41. The fraction of sp³-hybridized carbons (Fsp3) is 0.385. The van der Waals surface area contributed by atoms with Gasteiger partial charge in [-0.15, -0.1) is 0 Å². The first kappa shape index (κ1) is 10.2. The molecular weight excluding hydrogens is 186 g/mol. The maximum atomic E-state index is 9.86. The Morgan fingerprint density at radius 3 is 2.87 bits per heavy atom. The second-order valence-corrected chi connectivity index (χ2v) is 4.24. The molecule has 2 N–H and O–H groups in total. The first-order chi connectivity index (χ1) is 7.22. The van der Waals surface area contributed by atoms with Gasteiger partial charge in [0, 0.05) is 11.1 Å². The Labute approximate surface area is 90.6 Å². The van der Waals surface area contributed by atoms with Crippen LogP contribution in [-0.2, 0) is 5.54 Å². The Balaban J connectivity index is 2.35. The van der Waals surface area contributed by atoms with E-state index in [4.69, 9.17) is 0 Å². The van der Waals surface area contributed by atoms with Gasteiger partial charge in [-0.1, -0.05) is 30.4 Å². The van der Waals surface area contributed by atoms with Crippen molar-refractivity contribution in [1.82, 2.24) is 5.32 Å². The van der Waals surface area contributed by atoms with Crippen molar-refractivity contribution in [2.24, 2.45) is 0 Å². The Morgan fingerprint density at radius 2 is 2.07 bits per heavy atom. The molecule has 15 heavy (non-hydrogen) atoms. The van der Waals surface area contributed by atoms with Gasteiger partial charge >= 0.3 is 0 Å². The van der Waals surface area contributed by atoms with Crippen LogP contribution in [0.5, 0.6) is 5.75 Å². The summed E-state index contributed by atoms with van der Waals surface area (Å²) in [6.45, 7) is 3.10. The van der Waals surface area contributed by atoms with Gasteiger partial charge in [-0.2, -0.15) is 0 Å². The summed E-state index contributed by atoms with van der Waals surface area (Å²) < 4.78 is 0. The van der Waals surface area contributed by atoms with Gasteiger partial charge in [0.05, 0.1) is 0 Å². The molecular formula is C13H17NO. The van der Waals surface area contributed by atoms with Crippen LogP contribution >= 0.6 is 0 Å². The van der Waals surface area contributed by atoms with Gasteiger partial charge < -0.3 is 10.4 Å². The molecule has 2 nitrogen and oxygen atoms in total. The number of hydrogen-bond donors (Lipinski definition) is 2. The van der Waals surface area contributed by atoms with Gasteiger partial charge in [0.15, 0.2) is 0 Å². The molecule has 0 bridgehead atoms. The highest BCUT2D eigenvalue weighted by molar-refractivity contribution is 5.38. The molecule has 0 aliphatic carbocycles. The number of aromatic hydroxyl groups is 1. The SMILES string of the molecule is C[C@@]1(c2ccccc2O)CC=CCCN1. The summed E-state index contributed by atoms with van der Waals surface area (Å²) in [5.74, 6) is 0.378. The highest BCUT2D eigenvalue weighted by Crippen LogP contribution is 2.32. The van der Waals surface area contributed by atoms with Gasteiger partial charge in [0.2, 0.25) is 0 Å². The number of para-hydroxylation sites is 1. The summed E-state index contributed by atoms with van der Waals surface area (Å²) in [5, 5.41) is 13.3. The summed E-state index contributed by atoms with van der Waals surface area (Å²) in [6.07, 6.45) is 6.36. The molecule has 0 spiro atoms. The predicted octanol–water partition coefficient (Wildman–Crippen LogP) is 2.55. The zero-order valence-corrected chi connectivity index (χ0v) is 9.03. The van der Waals surface area contributed by atoms with Crippen LogP contribution in [0.1, 0.15) is 25.3 Å². The van der Waals surface area contributed by atoms with E-state index in [1.807, 2.05) is 18.2 Å². The smallest absolute Gasteiger partial charge is 0.120 e. The first-order valence-electron chi connectivity index (χ1n) is 5.41. The van der Waals surface area contributed by atoms with E-state index in [-0.39, 0.29) is 5.54 Å². The van der Waals surface area contributed by atoms with Gasteiger partial charge in [-0.25, -0.2) is 0 Å². The van der Waals surface area contributed by atoms with E-state index in [9.17, 15) is 5.11 Å². The maximum Gasteiger partial charge on any atom is 0.120 e. The number of nitrogens with one attached hydrogen (secondary N) is 1. The van der Waals surface area contributed by atoms with E-state index in [0.717, 1.165) is 24.9 Å². The minimum atomic E-state index is -0.141. The average Bonchev–Trinajstić information content (AvgIpc) is 2.44. The van der Waals surface area contributed by atoms with Crippen LogP contribution in [0.2, 0.25) is 0 Å². The summed E-state index contributed by atoms with van der Waals surface area (Å²) in [6, 6.07) is 7.56. The highest BCUT2D eigenvalue weighted by Gasteiger charge is 2.27. The topological polar surface area (TPSA) is 32.3 Å². The van der Waals surface area contributed by atoms with Gasteiger partial charge in [0.1, 0.15) is 5.75 Å². The molecule has 80 valence electrons. The third-order valence-corrected chi connectivity index (χ3v) is 3.02. The van der Waals surface area contributed by atoms with Crippen LogP contribution in [0.3, 0.4) is 0 Å². The van der Waals surface area contributed by atoms with E-state index in [1.165, 1.54) is 0 Å². The van der Waals surface area contributed by atoms with E-state index in [1.54, 1.807) is 6.07 Å². The molecule has 0 fully saturated rings. The van der Waals surface area contributed by atoms with E-state index in [2.05, 4.69) is 24.4 Å². The molecule has 0 unspecified atom stereocenters. The van der Waals surface area contributed by atoms with Crippen molar-refractivity contribution in [1.29, 1.82) is 0 Å². The van der Waals surface area contributed by atoms with Crippen LogP contribution in [0.15, 0.2) is 36.4 Å². The lowest BCUT2D eigenvalue weighted by Gasteiger charge is -2.30. The molecule has 0 radical (unpaired) electrons. The third-order valence-electron chi connectivity index (χ3n) is 3.02. The van der Waals surface area contributed by atoms with Crippen molar-refractivity contribution in [3.05, 3.63) is 42.0 Å². The molecule has 1 heterocycles.